The minimum Gasteiger partial charge on any atom is -0.482 e. The molecular weight excluding hydrogens is 464 g/mol. The second kappa shape index (κ2) is 11.2. The molecule has 6 heteroatoms. The molecule has 1 heterocycles. The van der Waals surface area contributed by atoms with E-state index in [1.54, 1.807) is 6.20 Å². The van der Waals surface area contributed by atoms with Crippen LogP contribution in [0.2, 0.25) is 0 Å². The number of rotatable bonds is 9. The second-order valence-electron chi connectivity index (χ2n) is 9.16. The van der Waals surface area contributed by atoms with Gasteiger partial charge in [0.05, 0.1) is 6.04 Å². The Kier molecular flexibility index (Phi) is 7.36. The van der Waals surface area contributed by atoms with E-state index in [0.29, 0.717) is 18.2 Å². The summed E-state index contributed by atoms with van der Waals surface area (Å²) in [5.41, 5.74) is 4.42. The van der Waals surface area contributed by atoms with Crippen LogP contribution in [0.4, 0.5) is 0 Å². The van der Waals surface area contributed by atoms with Crippen LogP contribution in [0, 0.1) is 0 Å². The molecule has 0 radical (unpaired) electrons. The maximum absolute atomic E-state index is 11.1. The highest BCUT2D eigenvalue weighted by Gasteiger charge is 2.31. The number of hydrogen-bond donors (Lipinski definition) is 1. The fourth-order valence-electron chi connectivity index (χ4n) is 5.17. The van der Waals surface area contributed by atoms with Crippen LogP contribution in [-0.2, 0) is 11.2 Å². The highest BCUT2D eigenvalue weighted by atomic mass is 16.5. The summed E-state index contributed by atoms with van der Waals surface area (Å²) in [4.78, 5) is 15.8. The summed E-state index contributed by atoms with van der Waals surface area (Å²) in [6.45, 7) is 1.63. The van der Waals surface area contributed by atoms with Gasteiger partial charge in [-0.1, -0.05) is 84.9 Å². The number of aliphatic carboxylic acids is 1. The van der Waals surface area contributed by atoms with Gasteiger partial charge in [-0.05, 0) is 36.1 Å². The van der Waals surface area contributed by atoms with Crippen molar-refractivity contribution in [2.24, 2.45) is 0 Å². The second-order valence-corrected chi connectivity index (χ2v) is 9.16. The molecule has 3 aromatic carbocycles. The average Bonchev–Trinajstić information content (AvgIpc) is 3.36. The first-order chi connectivity index (χ1) is 18.1. The number of nitrogens with zero attached hydrogens (tertiary/aromatic N) is 2. The molecule has 0 saturated carbocycles. The molecule has 6 nitrogen and oxygen atoms in total. The van der Waals surface area contributed by atoms with Crippen molar-refractivity contribution >= 4 is 5.97 Å². The van der Waals surface area contributed by atoms with Gasteiger partial charge in [0.15, 0.2) is 6.61 Å². The summed E-state index contributed by atoms with van der Waals surface area (Å²) in [6.07, 6.45) is 9.18. The van der Waals surface area contributed by atoms with Crippen molar-refractivity contribution in [1.82, 2.24) is 9.55 Å². The van der Waals surface area contributed by atoms with Crippen LogP contribution in [0.1, 0.15) is 47.6 Å². The maximum atomic E-state index is 11.1. The molecule has 37 heavy (non-hydrogen) atoms. The summed E-state index contributed by atoms with van der Waals surface area (Å²) in [6, 6.07) is 27.0. The van der Waals surface area contributed by atoms with Gasteiger partial charge in [-0.15, -0.1) is 0 Å². The molecule has 0 spiro atoms. The third-order valence-corrected chi connectivity index (χ3v) is 6.71. The quantitative estimate of drug-likeness (QED) is 0.287. The third-order valence-electron chi connectivity index (χ3n) is 6.71. The van der Waals surface area contributed by atoms with E-state index in [1.807, 2.05) is 67.7 Å². The van der Waals surface area contributed by atoms with Crippen molar-refractivity contribution in [3.63, 3.8) is 0 Å². The van der Waals surface area contributed by atoms with Crippen LogP contribution >= 0.6 is 0 Å². The largest absolute Gasteiger partial charge is 0.482 e. The fourth-order valence-corrected chi connectivity index (χ4v) is 5.17. The zero-order chi connectivity index (χ0) is 25.6. The van der Waals surface area contributed by atoms with Gasteiger partial charge in [-0.2, -0.15) is 0 Å². The lowest BCUT2D eigenvalue weighted by Gasteiger charge is -2.32. The average molecular weight is 495 g/mol. The number of fused-ring (bicyclic) bond motifs is 1. The summed E-state index contributed by atoms with van der Waals surface area (Å²) >= 11 is 0. The van der Waals surface area contributed by atoms with Crippen LogP contribution in [-0.4, -0.2) is 33.3 Å². The molecule has 2 unspecified atom stereocenters. The minimum atomic E-state index is -0.999. The molecule has 5 rings (SSSR count). The van der Waals surface area contributed by atoms with Crippen molar-refractivity contribution in [1.29, 1.82) is 0 Å². The lowest BCUT2D eigenvalue weighted by atomic mass is 9.80. The smallest absolute Gasteiger partial charge is 0.341 e. The molecule has 188 valence electrons. The van der Waals surface area contributed by atoms with Gasteiger partial charge < -0.3 is 14.6 Å². The van der Waals surface area contributed by atoms with Crippen molar-refractivity contribution in [2.45, 2.75) is 37.8 Å². The molecule has 0 aliphatic heterocycles. The molecule has 0 bridgehead atoms. The zero-order valence-electron chi connectivity index (χ0n) is 20.7. The van der Waals surface area contributed by atoms with Crippen LogP contribution < -0.4 is 9.47 Å². The van der Waals surface area contributed by atoms with E-state index < -0.39 is 5.97 Å². The first-order valence-corrected chi connectivity index (χ1v) is 12.5. The Balaban J connectivity index is 1.48. The number of benzene rings is 3. The lowest BCUT2D eigenvalue weighted by molar-refractivity contribution is -0.139. The number of carboxylic acid groups (broad SMARTS) is 1. The van der Waals surface area contributed by atoms with E-state index in [1.165, 1.54) is 0 Å². The fraction of sp³-hybridized carbons (Fsp3) is 0.226. The monoisotopic (exact) mass is 494 g/mol. The molecule has 2 atom stereocenters. The highest BCUT2D eigenvalue weighted by Crippen LogP contribution is 2.39. The molecule has 1 aliphatic rings. The number of imidazole rings is 1. The number of hydrogen-bond acceptors (Lipinski definition) is 4. The first-order valence-electron chi connectivity index (χ1n) is 12.5. The molecule has 0 fully saturated rings. The molecule has 1 N–H and O–H groups in total. The molecule has 0 saturated heterocycles. The number of ether oxygens (including phenoxy) is 2. The molecule has 0 amide bonds. The Bertz CT molecular complexity index is 1320. The van der Waals surface area contributed by atoms with E-state index in [0.717, 1.165) is 28.7 Å². The predicted octanol–water partition coefficient (Wildman–Crippen LogP) is 6.04. The topological polar surface area (TPSA) is 73.6 Å². The Morgan fingerprint density at radius 3 is 2.41 bits per heavy atom. The summed E-state index contributed by atoms with van der Waals surface area (Å²) in [5, 5.41) is 9.14. The van der Waals surface area contributed by atoms with E-state index >= 15 is 0 Å². The van der Waals surface area contributed by atoms with Gasteiger partial charge in [-0.3, -0.25) is 4.57 Å². The van der Waals surface area contributed by atoms with Gasteiger partial charge in [0, 0.05) is 30.3 Å². The Morgan fingerprint density at radius 1 is 1.05 bits per heavy atom. The number of carbonyl (C=O) groups is 1. The maximum Gasteiger partial charge on any atom is 0.341 e. The third kappa shape index (κ3) is 5.43. The van der Waals surface area contributed by atoms with E-state index in [4.69, 9.17) is 14.6 Å². The normalized spacial score (nSPS) is 17.0. The van der Waals surface area contributed by atoms with Gasteiger partial charge >= 0.3 is 5.97 Å². The van der Waals surface area contributed by atoms with Crippen LogP contribution in [0.3, 0.4) is 0 Å². The number of carboxylic acids is 1. The summed E-state index contributed by atoms with van der Waals surface area (Å²) in [5.74, 6) is -0.270. The van der Waals surface area contributed by atoms with Gasteiger partial charge in [0.1, 0.15) is 11.9 Å². The predicted molar refractivity (Wildman–Crippen MR) is 142 cm³/mol. The molecule has 4 aromatic rings. The van der Waals surface area contributed by atoms with E-state index in [9.17, 15) is 4.79 Å². The van der Waals surface area contributed by atoms with Crippen molar-refractivity contribution in [3.8, 4) is 11.8 Å². The standard InChI is InChI=1S/C31H30N2O4/c1-2-10-24-19-25(20-27-26(24)15-9-16-28(27)36-21-29(34)35)37-31-32-17-18-33(31)30(22-11-5-3-6-12-22)23-13-7-4-8-14-23/h2-18,24-25,30H,19-21H2,1H3,(H,34,35). The van der Waals surface area contributed by atoms with Gasteiger partial charge in [-0.25, -0.2) is 9.78 Å². The van der Waals surface area contributed by atoms with Crippen LogP contribution in [0.5, 0.6) is 11.8 Å². The summed E-state index contributed by atoms with van der Waals surface area (Å²) < 4.78 is 14.3. The van der Waals surface area contributed by atoms with Crippen molar-refractivity contribution in [3.05, 3.63) is 126 Å². The van der Waals surface area contributed by atoms with Crippen LogP contribution in [0.15, 0.2) is 103 Å². The van der Waals surface area contributed by atoms with E-state index in [-0.39, 0.29) is 24.7 Å². The van der Waals surface area contributed by atoms with Crippen molar-refractivity contribution < 1.29 is 19.4 Å². The number of allylic oxidation sites excluding steroid dienone is 2. The van der Waals surface area contributed by atoms with Crippen LogP contribution in [0.25, 0.3) is 0 Å². The zero-order valence-corrected chi connectivity index (χ0v) is 20.7. The Hall–Kier alpha value is -4.32. The SMILES string of the molecule is CC=CC1CC(Oc2nccn2C(c2ccccc2)c2ccccc2)Cc2c(OCC(=O)O)cccc21. The van der Waals surface area contributed by atoms with E-state index in [2.05, 4.69) is 46.0 Å². The molecule has 1 aliphatic carbocycles. The molecule has 1 aromatic heterocycles. The lowest BCUT2D eigenvalue weighted by Crippen LogP contribution is -2.29. The summed E-state index contributed by atoms with van der Waals surface area (Å²) in [7, 11) is 0. The molecular formula is C31H30N2O4. The van der Waals surface area contributed by atoms with Gasteiger partial charge in [0.25, 0.3) is 6.01 Å². The van der Waals surface area contributed by atoms with Crippen molar-refractivity contribution in [2.75, 3.05) is 6.61 Å². The van der Waals surface area contributed by atoms with Gasteiger partial charge in [0.2, 0.25) is 0 Å². The number of aromatic nitrogens is 2. The Morgan fingerprint density at radius 2 is 1.76 bits per heavy atom. The first kappa shape index (κ1) is 24.4. The minimum absolute atomic E-state index is 0.0865. The highest BCUT2D eigenvalue weighted by molar-refractivity contribution is 5.68. The Labute approximate surface area is 216 Å².